The van der Waals surface area contributed by atoms with Crippen LogP contribution in [0.4, 0.5) is 0 Å². The molecule has 1 aromatic carbocycles. The lowest BCUT2D eigenvalue weighted by molar-refractivity contribution is 0.0929. The van der Waals surface area contributed by atoms with E-state index in [1.165, 1.54) is 0 Å². The molecule has 0 aliphatic heterocycles. The Balaban J connectivity index is 1.95. The zero-order valence-electron chi connectivity index (χ0n) is 13.4. The van der Waals surface area contributed by atoms with Gasteiger partial charge in [-0.05, 0) is 12.5 Å². The summed E-state index contributed by atoms with van der Waals surface area (Å²) < 4.78 is 6.86. The Hall–Kier alpha value is -2.93. The molecule has 0 radical (unpaired) electrons. The lowest BCUT2D eigenvalue weighted by Crippen LogP contribution is -2.32. The minimum Gasteiger partial charge on any atom is -0.391 e. The summed E-state index contributed by atoms with van der Waals surface area (Å²) in [4.78, 5) is 17.0. The molecule has 0 aliphatic rings. The molecule has 24 heavy (non-hydrogen) atoms. The molecule has 1 amide bonds. The van der Waals surface area contributed by atoms with Gasteiger partial charge >= 0.3 is 0 Å². The van der Waals surface area contributed by atoms with E-state index in [1.54, 1.807) is 13.1 Å². The summed E-state index contributed by atoms with van der Waals surface area (Å²) in [5.74, 6) is 0.698. The van der Waals surface area contributed by atoms with Gasteiger partial charge in [0.1, 0.15) is 17.6 Å². The molecule has 0 bridgehead atoms. The molecule has 0 aliphatic carbocycles. The number of aliphatic hydroxyl groups is 1. The summed E-state index contributed by atoms with van der Waals surface area (Å²) in [5.41, 5.74) is 1.37. The summed E-state index contributed by atoms with van der Waals surface area (Å²) in [5, 5.41) is 16.1. The fourth-order valence-corrected chi connectivity index (χ4v) is 2.55. The second-order valence-corrected chi connectivity index (χ2v) is 5.44. The summed E-state index contributed by atoms with van der Waals surface area (Å²) >= 11 is 0. The molecule has 124 valence electrons. The second-order valence-electron chi connectivity index (χ2n) is 5.44. The summed E-state index contributed by atoms with van der Waals surface area (Å²) in [6.07, 6.45) is 3.49. The van der Waals surface area contributed by atoms with Crippen molar-refractivity contribution in [3.8, 4) is 0 Å². The van der Waals surface area contributed by atoms with E-state index in [2.05, 4.69) is 15.5 Å². The molecule has 2 heterocycles. The Morgan fingerprint density at radius 3 is 2.75 bits per heavy atom. The average molecular weight is 326 g/mol. The predicted molar refractivity (Wildman–Crippen MR) is 86.1 cm³/mol. The number of hydrogen-bond donors (Lipinski definition) is 2. The van der Waals surface area contributed by atoms with Gasteiger partial charge in [-0.1, -0.05) is 35.5 Å². The monoisotopic (exact) mass is 326 g/mol. The van der Waals surface area contributed by atoms with Crippen molar-refractivity contribution in [1.29, 1.82) is 0 Å². The molecule has 3 rings (SSSR count). The third-order valence-corrected chi connectivity index (χ3v) is 3.88. The largest absolute Gasteiger partial charge is 0.391 e. The first-order valence-corrected chi connectivity index (χ1v) is 7.51. The number of carbonyl (C=O) groups excluding carboxylic acids is 1. The number of hydrogen-bond acceptors (Lipinski definition) is 5. The van der Waals surface area contributed by atoms with Gasteiger partial charge in [0, 0.05) is 19.4 Å². The van der Waals surface area contributed by atoms with Crippen molar-refractivity contribution < 1.29 is 14.4 Å². The number of imidazole rings is 1. The number of aryl methyl sites for hydroxylation is 2. The van der Waals surface area contributed by atoms with E-state index in [9.17, 15) is 9.90 Å². The molecule has 7 nitrogen and oxygen atoms in total. The van der Waals surface area contributed by atoms with E-state index in [1.807, 2.05) is 48.1 Å². The van der Waals surface area contributed by atoms with E-state index in [0.717, 1.165) is 5.56 Å². The van der Waals surface area contributed by atoms with Gasteiger partial charge in [0.05, 0.1) is 12.2 Å². The van der Waals surface area contributed by atoms with Crippen molar-refractivity contribution in [3.63, 3.8) is 0 Å². The first-order valence-electron chi connectivity index (χ1n) is 7.51. The van der Waals surface area contributed by atoms with E-state index in [0.29, 0.717) is 17.1 Å². The highest BCUT2D eigenvalue weighted by atomic mass is 16.5. The minimum absolute atomic E-state index is 0.0881. The molecule has 3 aromatic rings. The van der Waals surface area contributed by atoms with Crippen LogP contribution in [-0.2, 0) is 13.7 Å². The molecule has 0 fully saturated rings. The van der Waals surface area contributed by atoms with Crippen LogP contribution in [-0.4, -0.2) is 25.7 Å². The lowest BCUT2D eigenvalue weighted by Gasteiger charge is -2.18. The van der Waals surface area contributed by atoms with Crippen LogP contribution in [0.15, 0.2) is 47.2 Å². The Morgan fingerprint density at radius 2 is 2.12 bits per heavy atom. The summed E-state index contributed by atoms with van der Waals surface area (Å²) in [7, 11) is 1.86. The van der Waals surface area contributed by atoms with Crippen LogP contribution in [0.25, 0.3) is 0 Å². The molecule has 0 saturated heterocycles. The highest BCUT2D eigenvalue weighted by molar-refractivity contribution is 5.94. The molecule has 0 saturated carbocycles. The van der Waals surface area contributed by atoms with Gasteiger partial charge in [-0.3, -0.25) is 4.79 Å². The van der Waals surface area contributed by atoms with E-state index >= 15 is 0 Å². The zero-order valence-corrected chi connectivity index (χ0v) is 13.4. The number of nitrogens with one attached hydrogen (secondary N) is 1. The van der Waals surface area contributed by atoms with Crippen molar-refractivity contribution in [2.45, 2.75) is 19.6 Å². The highest BCUT2D eigenvalue weighted by Crippen LogP contribution is 2.22. The van der Waals surface area contributed by atoms with Crippen molar-refractivity contribution in [3.05, 3.63) is 71.1 Å². The minimum atomic E-state index is -0.442. The quantitative estimate of drug-likeness (QED) is 0.745. The van der Waals surface area contributed by atoms with Crippen LogP contribution in [0.3, 0.4) is 0 Å². The first kappa shape index (κ1) is 15.9. The molecule has 7 heteroatoms. The van der Waals surface area contributed by atoms with Crippen LogP contribution in [0.1, 0.15) is 39.2 Å². The Bertz CT molecular complexity index is 839. The Morgan fingerprint density at radius 1 is 1.38 bits per heavy atom. The van der Waals surface area contributed by atoms with Crippen molar-refractivity contribution >= 4 is 5.91 Å². The van der Waals surface area contributed by atoms with Gasteiger partial charge in [-0.15, -0.1) is 0 Å². The van der Waals surface area contributed by atoms with Crippen molar-refractivity contribution in [2.24, 2.45) is 7.05 Å². The standard InChI is InChI=1S/C17H18N4O3/c1-11-13(10-22)15(20-24-11)17(23)19-14(12-6-4-3-5-7-12)16-18-8-9-21(16)2/h3-9,14,22H,10H2,1-2H3,(H,19,23). The van der Waals surface area contributed by atoms with Gasteiger partial charge in [0.25, 0.3) is 5.91 Å². The van der Waals surface area contributed by atoms with Crippen LogP contribution in [0.5, 0.6) is 0 Å². The maximum atomic E-state index is 12.6. The lowest BCUT2D eigenvalue weighted by atomic mass is 10.1. The van der Waals surface area contributed by atoms with Crippen LogP contribution in [0.2, 0.25) is 0 Å². The molecule has 2 N–H and O–H groups in total. The maximum Gasteiger partial charge on any atom is 0.274 e. The molecule has 1 atom stereocenters. The maximum absolute atomic E-state index is 12.6. The fraction of sp³-hybridized carbons (Fsp3) is 0.235. The van der Waals surface area contributed by atoms with Crippen LogP contribution in [0, 0.1) is 6.92 Å². The summed E-state index contributed by atoms with van der Waals surface area (Å²) in [6, 6.07) is 9.10. The van der Waals surface area contributed by atoms with Gasteiger partial charge in [-0.2, -0.15) is 0 Å². The van der Waals surface area contributed by atoms with E-state index in [4.69, 9.17) is 4.52 Å². The van der Waals surface area contributed by atoms with E-state index in [-0.39, 0.29) is 12.3 Å². The topological polar surface area (TPSA) is 93.2 Å². The normalized spacial score (nSPS) is 12.1. The third kappa shape index (κ3) is 2.93. The van der Waals surface area contributed by atoms with Crippen LogP contribution >= 0.6 is 0 Å². The number of amides is 1. The average Bonchev–Trinajstić information content (AvgIpc) is 3.18. The molecule has 1 unspecified atom stereocenters. The molecule has 0 spiro atoms. The number of carbonyl (C=O) groups is 1. The molecular weight excluding hydrogens is 308 g/mol. The predicted octanol–water partition coefficient (Wildman–Crippen LogP) is 1.73. The van der Waals surface area contributed by atoms with Gasteiger partial charge in [0.15, 0.2) is 5.69 Å². The number of aliphatic hydroxyl groups excluding tert-OH is 1. The van der Waals surface area contributed by atoms with E-state index < -0.39 is 11.9 Å². The SMILES string of the molecule is Cc1onc(C(=O)NC(c2ccccc2)c2nccn2C)c1CO. The molecule has 2 aromatic heterocycles. The van der Waals surface area contributed by atoms with Gasteiger partial charge in [-0.25, -0.2) is 4.98 Å². The number of aromatic nitrogens is 3. The van der Waals surface area contributed by atoms with Crippen LogP contribution < -0.4 is 5.32 Å². The fourth-order valence-electron chi connectivity index (χ4n) is 2.55. The van der Waals surface area contributed by atoms with Gasteiger partial charge in [0.2, 0.25) is 0 Å². The molecular formula is C17H18N4O3. The zero-order chi connectivity index (χ0) is 17.1. The number of benzene rings is 1. The summed E-state index contributed by atoms with van der Waals surface area (Å²) in [6.45, 7) is 1.35. The van der Waals surface area contributed by atoms with Crippen molar-refractivity contribution in [1.82, 2.24) is 20.0 Å². The number of rotatable bonds is 5. The van der Waals surface area contributed by atoms with Crippen molar-refractivity contribution in [2.75, 3.05) is 0 Å². The number of nitrogens with zero attached hydrogens (tertiary/aromatic N) is 3. The smallest absolute Gasteiger partial charge is 0.274 e. The Labute approximate surface area is 138 Å². The Kier molecular flexibility index (Phi) is 4.43. The third-order valence-electron chi connectivity index (χ3n) is 3.88. The second kappa shape index (κ2) is 6.67. The first-order chi connectivity index (χ1) is 11.6. The highest BCUT2D eigenvalue weighted by Gasteiger charge is 2.25. The van der Waals surface area contributed by atoms with Gasteiger partial charge < -0.3 is 19.5 Å².